The maximum atomic E-state index is 11.3. The maximum absolute atomic E-state index is 11.3. The fraction of sp³-hybridized carbons (Fsp3) is 0.250. The Hall–Kier alpha value is -2.42. The van der Waals surface area contributed by atoms with Gasteiger partial charge in [-0.15, -0.1) is 5.10 Å². The van der Waals surface area contributed by atoms with Crippen LogP contribution in [0.1, 0.15) is 24.6 Å². The summed E-state index contributed by atoms with van der Waals surface area (Å²) in [5, 5.41) is 19.0. The first-order chi connectivity index (χ1) is 10.2. The monoisotopic (exact) mass is 302 g/mol. The number of hydrogen-bond donors (Lipinski definition) is 1. The SMILES string of the molecule is O=[N+]([O-])c1c(Sc2n[nH]c(C3CC3)n2)nc2ccccn12. The number of H-pyrrole nitrogens is 1. The lowest BCUT2D eigenvalue weighted by molar-refractivity contribution is -0.393. The highest BCUT2D eigenvalue weighted by atomic mass is 32.2. The molecular formula is C12H10N6O2S. The Labute approximate surface area is 122 Å². The average Bonchev–Trinajstić information content (AvgIpc) is 3.09. The van der Waals surface area contributed by atoms with Crippen LogP contribution >= 0.6 is 11.8 Å². The molecule has 1 aliphatic rings. The van der Waals surface area contributed by atoms with Gasteiger partial charge in [0.15, 0.2) is 0 Å². The highest BCUT2D eigenvalue weighted by molar-refractivity contribution is 7.99. The average molecular weight is 302 g/mol. The number of aromatic nitrogens is 5. The molecule has 1 saturated carbocycles. The van der Waals surface area contributed by atoms with Crippen molar-refractivity contribution in [3.8, 4) is 0 Å². The molecule has 1 aliphatic carbocycles. The fourth-order valence-corrected chi connectivity index (χ4v) is 2.94. The molecule has 3 aromatic rings. The number of nitrogens with one attached hydrogen (secondary N) is 1. The van der Waals surface area contributed by atoms with Crippen molar-refractivity contribution in [3.05, 3.63) is 40.3 Å². The van der Waals surface area contributed by atoms with Crippen LogP contribution in [0.15, 0.2) is 34.6 Å². The lowest BCUT2D eigenvalue weighted by Gasteiger charge is -1.95. The Morgan fingerprint density at radius 3 is 3.00 bits per heavy atom. The van der Waals surface area contributed by atoms with Crippen LogP contribution in [0.25, 0.3) is 5.65 Å². The summed E-state index contributed by atoms with van der Waals surface area (Å²) in [5.74, 6) is 1.25. The number of hydrogen-bond acceptors (Lipinski definition) is 6. The molecule has 4 rings (SSSR count). The number of nitro groups is 1. The molecule has 0 aliphatic heterocycles. The second-order valence-corrected chi connectivity index (χ2v) is 5.76. The summed E-state index contributed by atoms with van der Waals surface area (Å²) in [4.78, 5) is 19.5. The molecule has 21 heavy (non-hydrogen) atoms. The normalized spacial score (nSPS) is 14.7. The second-order valence-electron chi connectivity index (χ2n) is 4.81. The topological polar surface area (TPSA) is 102 Å². The minimum Gasteiger partial charge on any atom is -0.358 e. The molecule has 3 aromatic heterocycles. The van der Waals surface area contributed by atoms with Crippen LogP contribution in [-0.2, 0) is 0 Å². The van der Waals surface area contributed by atoms with Crippen LogP contribution < -0.4 is 0 Å². The smallest absolute Gasteiger partial charge is 0.358 e. The first-order valence-electron chi connectivity index (χ1n) is 6.44. The molecule has 8 nitrogen and oxygen atoms in total. The zero-order valence-electron chi connectivity index (χ0n) is 10.8. The van der Waals surface area contributed by atoms with E-state index in [-0.39, 0.29) is 5.82 Å². The van der Waals surface area contributed by atoms with Gasteiger partial charge in [-0.3, -0.25) is 5.10 Å². The van der Waals surface area contributed by atoms with E-state index >= 15 is 0 Å². The summed E-state index contributed by atoms with van der Waals surface area (Å²) in [7, 11) is 0. The molecule has 3 heterocycles. The lowest BCUT2D eigenvalue weighted by atomic mass is 10.4. The van der Waals surface area contributed by atoms with Gasteiger partial charge in [-0.25, -0.2) is 4.98 Å². The quantitative estimate of drug-likeness (QED) is 0.586. The Morgan fingerprint density at radius 2 is 2.24 bits per heavy atom. The van der Waals surface area contributed by atoms with E-state index in [2.05, 4.69) is 20.2 Å². The lowest BCUT2D eigenvalue weighted by Crippen LogP contribution is -1.94. The van der Waals surface area contributed by atoms with Crippen molar-refractivity contribution in [3.63, 3.8) is 0 Å². The van der Waals surface area contributed by atoms with Crippen LogP contribution in [0.2, 0.25) is 0 Å². The van der Waals surface area contributed by atoms with Gasteiger partial charge in [-0.2, -0.15) is 9.38 Å². The summed E-state index contributed by atoms with van der Waals surface area (Å²) in [5.41, 5.74) is 0.532. The molecule has 0 aromatic carbocycles. The number of pyridine rings is 1. The molecule has 0 saturated heterocycles. The van der Waals surface area contributed by atoms with Crippen molar-refractivity contribution < 1.29 is 4.92 Å². The second kappa shape index (κ2) is 4.55. The molecule has 1 N–H and O–H groups in total. The van der Waals surface area contributed by atoms with Crippen molar-refractivity contribution in [2.75, 3.05) is 0 Å². The third kappa shape index (κ3) is 2.15. The minimum atomic E-state index is -0.434. The molecule has 0 spiro atoms. The zero-order chi connectivity index (χ0) is 14.4. The fourth-order valence-electron chi connectivity index (χ4n) is 2.13. The first kappa shape index (κ1) is 12.3. The van der Waals surface area contributed by atoms with Crippen molar-refractivity contribution in [2.24, 2.45) is 0 Å². The maximum Gasteiger partial charge on any atom is 0.362 e. The summed E-state index contributed by atoms with van der Waals surface area (Å²) >= 11 is 1.11. The molecule has 0 unspecified atom stereocenters. The van der Waals surface area contributed by atoms with E-state index in [1.165, 1.54) is 4.40 Å². The number of aromatic amines is 1. The van der Waals surface area contributed by atoms with Gasteiger partial charge in [0.25, 0.3) is 0 Å². The molecule has 0 radical (unpaired) electrons. The predicted octanol–water partition coefficient (Wildman–Crippen LogP) is 2.39. The van der Waals surface area contributed by atoms with Crippen molar-refractivity contribution >= 4 is 23.2 Å². The summed E-state index contributed by atoms with van der Waals surface area (Å²) in [6, 6.07) is 5.25. The Morgan fingerprint density at radius 1 is 1.38 bits per heavy atom. The van der Waals surface area contributed by atoms with Gasteiger partial charge in [0.05, 0.1) is 6.20 Å². The van der Waals surface area contributed by atoms with Crippen molar-refractivity contribution in [2.45, 2.75) is 28.9 Å². The minimum absolute atomic E-state index is 0.0617. The van der Waals surface area contributed by atoms with Crippen molar-refractivity contribution in [1.29, 1.82) is 0 Å². The highest BCUT2D eigenvalue weighted by Crippen LogP contribution is 2.39. The van der Waals surface area contributed by atoms with E-state index in [1.54, 1.807) is 24.4 Å². The first-order valence-corrected chi connectivity index (χ1v) is 7.25. The Balaban J connectivity index is 1.74. The molecule has 0 bridgehead atoms. The van der Waals surface area contributed by atoms with Gasteiger partial charge in [0, 0.05) is 12.0 Å². The van der Waals surface area contributed by atoms with Gasteiger partial charge in [-0.05, 0) is 35.6 Å². The molecular weight excluding hydrogens is 292 g/mol. The molecule has 1 fully saturated rings. The Bertz CT molecular complexity index is 837. The van der Waals surface area contributed by atoms with Crippen molar-refractivity contribution in [1.82, 2.24) is 24.6 Å². The van der Waals surface area contributed by atoms with Crippen LogP contribution in [0.4, 0.5) is 5.82 Å². The number of nitrogens with zero attached hydrogens (tertiary/aromatic N) is 5. The van der Waals surface area contributed by atoms with E-state index in [4.69, 9.17) is 0 Å². The predicted molar refractivity (Wildman–Crippen MR) is 74.3 cm³/mol. The molecule has 0 amide bonds. The van der Waals surface area contributed by atoms with E-state index < -0.39 is 4.92 Å². The molecule has 9 heteroatoms. The Kier molecular flexibility index (Phi) is 2.67. The van der Waals surface area contributed by atoms with Gasteiger partial charge in [0.1, 0.15) is 5.82 Å². The highest BCUT2D eigenvalue weighted by Gasteiger charge is 2.29. The zero-order valence-corrected chi connectivity index (χ0v) is 11.6. The van der Waals surface area contributed by atoms with E-state index in [0.29, 0.717) is 21.7 Å². The number of rotatable bonds is 4. The molecule has 106 valence electrons. The summed E-state index contributed by atoms with van der Waals surface area (Å²) < 4.78 is 1.46. The third-order valence-corrected chi connectivity index (χ3v) is 4.11. The standard InChI is InChI=1S/C12H10N6O2S/c19-18(20)11-10(13-8-3-1-2-6-17(8)11)21-12-14-9(15-16-12)7-4-5-7/h1-3,6-7H,4-5H2,(H,14,15,16). The van der Waals surface area contributed by atoms with E-state index in [1.807, 2.05) is 0 Å². The van der Waals surface area contributed by atoms with Gasteiger partial charge >= 0.3 is 5.82 Å². The summed E-state index contributed by atoms with van der Waals surface area (Å²) in [6.07, 6.45) is 3.86. The van der Waals surface area contributed by atoms with Crippen LogP contribution in [-0.4, -0.2) is 29.5 Å². The largest absolute Gasteiger partial charge is 0.362 e. The number of fused-ring (bicyclic) bond motifs is 1. The van der Waals surface area contributed by atoms with Gasteiger partial charge in [0.2, 0.25) is 15.8 Å². The van der Waals surface area contributed by atoms with Crippen LogP contribution in [0.5, 0.6) is 0 Å². The van der Waals surface area contributed by atoms with Gasteiger partial charge < -0.3 is 10.1 Å². The van der Waals surface area contributed by atoms with E-state index in [0.717, 1.165) is 30.4 Å². The van der Waals surface area contributed by atoms with E-state index in [9.17, 15) is 10.1 Å². The number of imidazole rings is 1. The van der Waals surface area contributed by atoms with Crippen LogP contribution in [0.3, 0.4) is 0 Å². The molecule has 0 atom stereocenters. The van der Waals surface area contributed by atoms with Crippen LogP contribution in [0, 0.1) is 10.1 Å². The van der Waals surface area contributed by atoms with Gasteiger partial charge in [-0.1, -0.05) is 6.07 Å². The third-order valence-electron chi connectivity index (χ3n) is 3.28. The summed E-state index contributed by atoms with van der Waals surface area (Å²) in [6.45, 7) is 0.